The third-order valence-corrected chi connectivity index (χ3v) is 5.74. The summed E-state index contributed by atoms with van der Waals surface area (Å²) in [6.07, 6.45) is 4.80. The van der Waals surface area contributed by atoms with Crippen molar-refractivity contribution in [3.05, 3.63) is 55.1 Å². The molecule has 2 aromatic heterocycles. The molecule has 1 aliphatic heterocycles. The van der Waals surface area contributed by atoms with Crippen LogP contribution in [0.1, 0.15) is 20.8 Å². The number of aromatic nitrogens is 3. The number of hydrogen-bond acceptors (Lipinski definition) is 6. The lowest BCUT2D eigenvalue weighted by atomic mass is 10.1. The Bertz CT molecular complexity index is 1160. The Morgan fingerprint density at radius 3 is 2.14 bits per heavy atom. The highest BCUT2D eigenvalue weighted by molar-refractivity contribution is 5.82. The molecule has 0 atom stereocenters. The van der Waals surface area contributed by atoms with Crippen molar-refractivity contribution in [2.24, 2.45) is 0 Å². The van der Waals surface area contributed by atoms with Crippen LogP contribution in [-0.2, 0) is 16.1 Å². The van der Waals surface area contributed by atoms with E-state index in [0.717, 1.165) is 28.3 Å². The van der Waals surface area contributed by atoms with E-state index >= 15 is 0 Å². The molecule has 0 radical (unpaired) electrons. The van der Waals surface area contributed by atoms with Gasteiger partial charge in [0.15, 0.2) is 0 Å². The Balaban J connectivity index is 1.51. The van der Waals surface area contributed by atoms with Gasteiger partial charge in [0.1, 0.15) is 17.9 Å². The Kier molecular flexibility index (Phi) is 7.04. The van der Waals surface area contributed by atoms with Crippen molar-refractivity contribution in [2.45, 2.75) is 32.9 Å². The van der Waals surface area contributed by atoms with Gasteiger partial charge in [-0.25, -0.2) is 9.78 Å². The van der Waals surface area contributed by atoms with Gasteiger partial charge < -0.3 is 23.8 Å². The topological polar surface area (TPSA) is 89.8 Å². The molecule has 1 aliphatic rings. The summed E-state index contributed by atoms with van der Waals surface area (Å²) in [4.78, 5) is 37.7. The Morgan fingerprint density at radius 1 is 0.914 bits per heavy atom. The first kappa shape index (κ1) is 24.3. The molecule has 1 saturated heterocycles. The molecule has 2 amide bonds. The molecule has 3 heterocycles. The predicted molar refractivity (Wildman–Crippen MR) is 132 cm³/mol. The van der Waals surface area contributed by atoms with Crippen LogP contribution < -0.4 is 4.74 Å². The molecule has 0 saturated carbocycles. The largest absolute Gasteiger partial charge is 0.497 e. The van der Waals surface area contributed by atoms with E-state index in [1.807, 2.05) is 61.7 Å². The number of imidazole rings is 1. The average Bonchev–Trinajstić information content (AvgIpc) is 3.27. The zero-order chi connectivity index (χ0) is 25.0. The molecule has 0 unspecified atom stereocenters. The van der Waals surface area contributed by atoms with Gasteiger partial charge in [-0.1, -0.05) is 0 Å². The van der Waals surface area contributed by atoms with E-state index in [1.165, 1.54) is 0 Å². The van der Waals surface area contributed by atoms with Crippen molar-refractivity contribution in [1.29, 1.82) is 0 Å². The molecule has 0 spiro atoms. The summed E-state index contributed by atoms with van der Waals surface area (Å²) in [6, 6.07) is 11.5. The van der Waals surface area contributed by atoms with Crippen LogP contribution >= 0.6 is 0 Å². The van der Waals surface area contributed by atoms with Crippen molar-refractivity contribution >= 4 is 12.0 Å². The maximum Gasteiger partial charge on any atom is 0.410 e. The Labute approximate surface area is 205 Å². The second-order valence-corrected chi connectivity index (χ2v) is 9.38. The van der Waals surface area contributed by atoms with Gasteiger partial charge in [-0.15, -0.1) is 0 Å². The Hall–Kier alpha value is -3.88. The number of rotatable bonds is 5. The van der Waals surface area contributed by atoms with Gasteiger partial charge >= 0.3 is 6.09 Å². The van der Waals surface area contributed by atoms with Crippen LogP contribution in [0.4, 0.5) is 4.79 Å². The van der Waals surface area contributed by atoms with Crippen LogP contribution in [0.5, 0.6) is 5.75 Å². The van der Waals surface area contributed by atoms with E-state index in [0.29, 0.717) is 26.2 Å². The lowest BCUT2D eigenvalue weighted by molar-refractivity contribution is -0.133. The molecule has 9 heteroatoms. The maximum atomic E-state index is 13.2. The molecule has 4 rings (SSSR count). The highest BCUT2D eigenvalue weighted by Crippen LogP contribution is 2.32. The van der Waals surface area contributed by atoms with Crippen molar-refractivity contribution in [1.82, 2.24) is 24.3 Å². The number of nitrogens with zero attached hydrogens (tertiary/aromatic N) is 5. The van der Waals surface area contributed by atoms with Crippen LogP contribution in [-0.4, -0.2) is 75.2 Å². The second kappa shape index (κ2) is 10.2. The molecule has 9 nitrogen and oxygen atoms in total. The quantitative estimate of drug-likeness (QED) is 0.557. The number of ether oxygens (including phenoxy) is 2. The first-order valence-corrected chi connectivity index (χ1v) is 11.6. The van der Waals surface area contributed by atoms with Crippen LogP contribution in [0.15, 0.2) is 55.1 Å². The molecule has 35 heavy (non-hydrogen) atoms. The SMILES string of the molecule is COc1ccc(-c2ncn(CC(=O)N3CCN(C(=O)OC(C)(C)C)CC3)c2-c2ccncc2)cc1. The van der Waals surface area contributed by atoms with Gasteiger partial charge in [0.2, 0.25) is 5.91 Å². The smallest absolute Gasteiger partial charge is 0.410 e. The predicted octanol–water partition coefficient (Wildman–Crippen LogP) is 3.70. The monoisotopic (exact) mass is 477 g/mol. The van der Waals surface area contributed by atoms with Gasteiger partial charge in [0.25, 0.3) is 0 Å². The third-order valence-electron chi connectivity index (χ3n) is 5.74. The summed E-state index contributed by atoms with van der Waals surface area (Å²) in [5.74, 6) is 0.738. The third kappa shape index (κ3) is 5.79. The van der Waals surface area contributed by atoms with Crippen molar-refractivity contribution in [3.63, 3.8) is 0 Å². The number of pyridine rings is 1. The lowest BCUT2D eigenvalue weighted by Crippen LogP contribution is -2.52. The van der Waals surface area contributed by atoms with Crippen LogP contribution in [0.3, 0.4) is 0 Å². The molecular formula is C26H31N5O4. The van der Waals surface area contributed by atoms with E-state index < -0.39 is 5.60 Å². The van der Waals surface area contributed by atoms with E-state index in [2.05, 4.69) is 9.97 Å². The molecule has 1 fully saturated rings. The number of carbonyl (C=O) groups is 2. The van der Waals surface area contributed by atoms with Gasteiger partial charge in [0.05, 0.1) is 24.8 Å². The number of hydrogen-bond donors (Lipinski definition) is 0. The van der Waals surface area contributed by atoms with Crippen molar-refractivity contribution < 1.29 is 19.1 Å². The first-order chi connectivity index (χ1) is 16.7. The number of piperazine rings is 1. The minimum atomic E-state index is -0.545. The number of methoxy groups -OCH3 is 1. The molecule has 1 aromatic carbocycles. The lowest BCUT2D eigenvalue weighted by Gasteiger charge is -2.35. The maximum absolute atomic E-state index is 13.2. The summed E-state index contributed by atoms with van der Waals surface area (Å²) >= 11 is 0. The van der Waals surface area contributed by atoms with Crippen molar-refractivity contribution in [2.75, 3.05) is 33.3 Å². The van der Waals surface area contributed by atoms with Gasteiger partial charge in [-0.2, -0.15) is 0 Å². The standard InChI is InChI=1S/C26H31N5O4/c1-26(2,3)35-25(33)30-15-13-29(14-16-30)22(32)17-31-18-28-23(19-5-7-21(34-4)8-6-19)24(31)20-9-11-27-12-10-20/h5-12,18H,13-17H2,1-4H3. The van der Waals surface area contributed by atoms with Gasteiger partial charge in [-0.3, -0.25) is 9.78 Å². The summed E-state index contributed by atoms with van der Waals surface area (Å²) in [6.45, 7) is 7.49. The number of benzene rings is 1. The number of amides is 2. The minimum Gasteiger partial charge on any atom is -0.497 e. The summed E-state index contributed by atoms with van der Waals surface area (Å²) in [7, 11) is 1.63. The molecular weight excluding hydrogens is 446 g/mol. The highest BCUT2D eigenvalue weighted by Gasteiger charge is 2.28. The molecule has 0 aliphatic carbocycles. The van der Waals surface area contributed by atoms with E-state index in [-0.39, 0.29) is 18.5 Å². The molecule has 184 valence electrons. The fourth-order valence-electron chi connectivity index (χ4n) is 3.99. The summed E-state index contributed by atoms with van der Waals surface area (Å²) < 4.78 is 12.6. The van der Waals surface area contributed by atoms with Crippen LogP contribution in [0, 0.1) is 0 Å². The molecule has 3 aromatic rings. The van der Waals surface area contributed by atoms with Crippen LogP contribution in [0.2, 0.25) is 0 Å². The highest BCUT2D eigenvalue weighted by atomic mass is 16.6. The fourth-order valence-corrected chi connectivity index (χ4v) is 3.99. The van der Waals surface area contributed by atoms with Crippen LogP contribution in [0.25, 0.3) is 22.5 Å². The zero-order valence-electron chi connectivity index (χ0n) is 20.6. The zero-order valence-corrected chi connectivity index (χ0v) is 20.6. The van der Waals surface area contributed by atoms with E-state index in [9.17, 15) is 9.59 Å². The van der Waals surface area contributed by atoms with Gasteiger partial charge in [-0.05, 0) is 57.2 Å². The van der Waals surface area contributed by atoms with E-state index in [1.54, 1.807) is 35.6 Å². The van der Waals surface area contributed by atoms with Crippen molar-refractivity contribution in [3.8, 4) is 28.3 Å². The van der Waals surface area contributed by atoms with Gasteiger partial charge in [0, 0.05) is 49.7 Å². The summed E-state index contributed by atoms with van der Waals surface area (Å²) in [5, 5.41) is 0. The van der Waals surface area contributed by atoms with E-state index in [4.69, 9.17) is 9.47 Å². The molecule has 0 N–H and O–H groups in total. The fraction of sp³-hybridized carbons (Fsp3) is 0.385. The summed E-state index contributed by atoms with van der Waals surface area (Å²) in [5.41, 5.74) is 2.93. The minimum absolute atomic E-state index is 0.0252. The Morgan fingerprint density at radius 2 is 1.54 bits per heavy atom. The number of carbonyl (C=O) groups excluding carboxylic acids is 2. The first-order valence-electron chi connectivity index (χ1n) is 11.6. The average molecular weight is 478 g/mol. The molecule has 0 bridgehead atoms. The second-order valence-electron chi connectivity index (χ2n) is 9.38. The normalized spacial score (nSPS) is 14.1.